The summed E-state index contributed by atoms with van der Waals surface area (Å²) in [6.07, 6.45) is 0. The average Bonchev–Trinajstić information content (AvgIpc) is 3.45. The maximum Gasteiger partial charge on any atom is 0.309 e. The Balaban J connectivity index is 1.19. The summed E-state index contributed by atoms with van der Waals surface area (Å²) in [4.78, 5) is 18.7. The Hall–Kier alpha value is -3.49. The summed E-state index contributed by atoms with van der Waals surface area (Å²) in [7, 11) is 0. The fourth-order valence-electron chi connectivity index (χ4n) is 3.55. The molecule has 0 unspecified atom stereocenters. The Labute approximate surface area is 188 Å². The van der Waals surface area contributed by atoms with Gasteiger partial charge in [0.25, 0.3) is 5.89 Å². The number of carbonyl (C=O) groups is 1. The SMILES string of the molecule is O=C(O)C1CN(Cc2cc(-c3noc(-c4ccc(OCc5ccccc5)cc4)n3)cs2)C1. The summed E-state index contributed by atoms with van der Waals surface area (Å²) in [5.41, 5.74) is 2.84. The van der Waals surface area contributed by atoms with Crippen LogP contribution in [0.4, 0.5) is 0 Å². The van der Waals surface area contributed by atoms with Crippen molar-refractivity contribution in [3.05, 3.63) is 76.5 Å². The molecule has 1 fully saturated rings. The van der Waals surface area contributed by atoms with E-state index in [-0.39, 0.29) is 5.92 Å². The summed E-state index contributed by atoms with van der Waals surface area (Å²) in [6, 6.07) is 19.6. The molecule has 3 heterocycles. The van der Waals surface area contributed by atoms with Crippen molar-refractivity contribution in [2.75, 3.05) is 13.1 Å². The molecule has 4 aromatic rings. The zero-order chi connectivity index (χ0) is 21.9. The van der Waals surface area contributed by atoms with Crippen molar-refractivity contribution in [2.24, 2.45) is 5.92 Å². The largest absolute Gasteiger partial charge is 0.489 e. The van der Waals surface area contributed by atoms with Gasteiger partial charge in [-0.05, 0) is 35.9 Å². The number of nitrogens with zero attached hydrogens (tertiary/aromatic N) is 3. The number of thiophene rings is 1. The minimum atomic E-state index is -0.719. The first-order valence-corrected chi connectivity index (χ1v) is 11.2. The molecule has 1 aliphatic rings. The first kappa shape index (κ1) is 20.4. The lowest BCUT2D eigenvalue weighted by Crippen LogP contribution is -2.49. The Morgan fingerprint density at radius 1 is 1.12 bits per heavy atom. The molecule has 0 bridgehead atoms. The minimum Gasteiger partial charge on any atom is -0.489 e. The third kappa shape index (κ3) is 4.56. The molecule has 32 heavy (non-hydrogen) atoms. The van der Waals surface area contributed by atoms with Gasteiger partial charge in [0.2, 0.25) is 5.82 Å². The van der Waals surface area contributed by atoms with Crippen molar-refractivity contribution >= 4 is 17.3 Å². The molecular formula is C24H21N3O4S. The van der Waals surface area contributed by atoms with Crippen LogP contribution in [0.3, 0.4) is 0 Å². The number of hydrogen-bond acceptors (Lipinski definition) is 7. The quantitative estimate of drug-likeness (QED) is 0.423. The molecule has 0 aliphatic carbocycles. The van der Waals surface area contributed by atoms with Crippen LogP contribution in [-0.4, -0.2) is 39.2 Å². The van der Waals surface area contributed by atoms with Crippen LogP contribution in [0.25, 0.3) is 22.8 Å². The van der Waals surface area contributed by atoms with E-state index in [1.165, 1.54) is 0 Å². The van der Waals surface area contributed by atoms with E-state index in [2.05, 4.69) is 15.0 Å². The van der Waals surface area contributed by atoms with Gasteiger partial charge in [-0.15, -0.1) is 11.3 Å². The van der Waals surface area contributed by atoms with Crippen molar-refractivity contribution in [1.82, 2.24) is 15.0 Å². The van der Waals surface area contributed by atoms with Gasteiger partial charge >= 0.3 is 5.97 Å². The number of ether oxygens (including phenoxy) is 1. The minimum absolute atomic E-state index is 0.246. The fourth-order valence-corrected chi connectivity index (χ4v) is 4.45. The molecule has 0 atom stereocenters. The van der Waals surface area contributed by atoms with Crippen molar-refractivity contribution in [3.63, 3.8) is 0 Å². The van der Waals surface area contributed by atoms with Gasteiger partial charge in [-0.25, -0.2) is 0 Å². The molecular weight excluding hydrogens is 426 g/mol. The highest BCUT2D eigenvalue weighted by molar-refractivity contribution is 7.10. The number of likely N-dealkylation sites (tertiary alicyclic amines) is 1. The second-order valence-electron chi connectivity index (χ2n) is 7.75. The molecule has 8 heteroatoms. The lowest BCUT2D eigenvalue weighted by atomic mass is 10.0. The molecule has 1 saturated heterocycles. The molecule has 0 spiro atoms. The predicted molar refractivity (Wildman–Crippen MR) is 120 cm³/mol. The van der Waals surface area contributed by atoms with E-state index in [0.717, 1.165) is 33.9 Å². The van der Waals surface area contributed by atoms with Crippen LogP contribution >= 0.6 is 11.3 Å². The van der Waals surface area contributed by atoms with Crippen molar-refractivity contribution in [2.45, 2.75) is 13.2 Å². The Morgan fingerprint density at radius 2 is 1.91 bits per heavy atom. The number of carboxylic acid groups (broad SMARTS) is 1. The highest BCUT2D eigenvalue weighted by Crippen LogP contribution is 2.29. The second kappa shape index (κ2) is 8.94. The topological polar surface area (TPSA) is 88.7 Å². The van der Waals surface area contributed by atoms with Gasteiger partial charge in [0.15, 0.2) is 0 Å². The normalized spacial score (nSPS) is 14.2. The molecule has 162 valence electrons. The summed E-state index contributed by atoms with van der Waals surface area (Å²) in [5.74, 6) is 0.803. The molecule has 2 aromatic heterocycles. The second-order valence-corrected chi connectivity index (χ2v) is 8.75. The summed E-state index contributed by atoms with van der Waals surface area (Å²) < 4.78 is 11.3. The van der Waals surface area contributed by atoms with Crippen LogP contribution in [-0.2, 0) is 17.9 Å². The van der Waals surface area contributed by atoms with Crippen molar-refractivity contribution < 1.29 is 19.2 Å². The lowest BCUT2D eigenvalue weighted by Gasteiger charge is -2.36. The third-order valence-electron chi connectivity index (χ3n) is 5.37. The first-order chi connectivity index (χ1) is 15.6. The van der Waals surface area contributed by atoms with Gasteiger partial charge in [0, 0.05) is 41.0 Å². The van der Waals surface area contributed by atoms with Gasteiger partial charge in [-0.3, -0.25) is 9.69 Å². The van der Waals surface area contributed by atoms with E-state index in [0.29, 0.717) is 31.4 Å². The first-order valence-electron chi connectivity index (χ1n) is 10.3. The number of rotatable bonds is 8. The Bertz CT molecular complexity index is 1200. The van der Waals surface area contributed by atoms with E-state index in [9.17, 15) is 4.79 Å². The summed E-state index contributed by atoms with van der Waals surface area (Å²) >= 11 is 1.61. The summed E-state index contributed by atoms with van der Waals surface area (Å²) in [6.45, 7) is 2.45. The fraction of sp³-hybridized carbons (Fsp3) is 0.208. The van der Waals surface area contributed by atoms with Crippen LogP contribution < -0.4 is 4.74 Å². The van der Waals surface area contributed by atoms with Crippen LogP contribution in [0.1, 0.15) is 10.4 Å². The van der Waals surface area contributed by atoms with Gasteiger partial charge in [-0.1, -0.05) is 35.5 Å². The van der Waals surface area contributed by atoms with Crippen molar-refractivity contribution in [1.29, 1.82) is 0 Å². The zero-order valence-corrected chi connectivity index (χ0v) is 18.0. The standard InChI is InChI=1S/C24H21N3O4S/c28-24(29)19-11-27(12-19)13-21-10-18(15-32-21)22-25-23(31-26-22)17-6-8-20(9-7-17)30-14-16-4-2-1-3-5-16/h1-10,15,19H,11-14H2,(H,28,29). The Morgan fingerprint density at radius 3 is 2.66 bits per heavy atom. The number of aromatic nitrogens is 2. The zero-order valence-electron chi connectivity index (χ0n) is 17.2. The number of hydrogen-bond donors (Lipinski definition) is 1. The van der Waals surface area contributed by atoms with Crippen molar-refractivity contribution in [3.8, 4) is 28.6 Å². The van der Waals surface area contributed by atoms with E-state index in [1.54, 1.807) is 11.3 Å². The van der Waals surface area contributed by atoms with Gasteiger partial charge in [-0.2, -0.15) is 4.98 Å². The maximum atomic E-state index is 10.9. The van der Waals surface area contributed by atoms with Gasteiger partial charge < -0.3 is 14.4 Å². The highest BCUT2D eigenvalue weighted by atomic mass is 32.1. The average molecular weight is 448 g/mol. The van der Waals surface area contributed by atoms with E-state index in [1.807, 2.05) is 66.0 Å². The summed E-state index contributed by atoms with van der Waals surface area (Å²) in [5, 5.41) is 15.1. The predicted octanol–water partition coefficient (Wildman–Crippen LogP) is 4.56. The molecule has 5 rings (SSSR count). The van der Waals surface area contributed by atoms with Gasteiger partial charge in [0.05, 0.1) is 5.92 Å². The smallest absolute Gasteiger partial charge is 0.309 e. The number of aliphatic carboxylic acids is 1. The molecule has 1 aliphatic heterocycles. The molecule has 0 radical (unpaired) electrons. The molecule has 0 amide bonds. The molecule has 2 aromatic carbocycles. The highest BCUT2D eigenvalue weighted by Gasteiger charge is 2.32. The number of carboxylic acids is 1. The molecule has 0 saturated carbocycles. The van der Waals surface area contributed by atoms with Gasteiger partial charge in [0.1, 0.15) is 12.4 Å². The third-order valence-corrected chi connectivity index (χ3v) is 6.29. The monoisotopic (exact) mass is 447 g/mol. The van der Waals surface area contributed by atoms with Crippen LogP contribution in [0.2, 0.25) is 0 Å². The van der Waals surface area contributed by atoms with E-state index in [4.69, 9.17) is 14.4 Å². The van der Waals surface area contributed by atoms with E-state index < -0.39 is 5.97 Å². The van der Waals surface area contributed by atoms with Crippen LogP contribution in [0, 0.1) is 5.92 Å². The molecule has 7 nitrogen and oxygen atoms in total. The maximum absolute atomic E-state index is 10.9. The van der Waals surface area contributed by atoms with E-state index >= 15 is 0 Å². The van der Waals surface area contributed by atoms with Crippen LogP contribution in [0.15, 0.2) is 70.6 Å². The van der Waals surface area contributed by atoms with Crippen LogP contribution in [0.5, 0.6) is 5.75 Å². The number of benzene rings is 2. The Kier molecular flexibility index (Phi) is 5.70. The molecule has 1 N–H and O–H groups in total. The lowest BCUT2D eigenvalue weighted by molar-refractivity contribution is -0.147.